The molecule has 9 aromatic carbocycles. The van der Waals surface area contributed by atoms with E-state index in [-0.39, 0.29) is 0 Å². The van der Waals surface area contributed by atoms with E-state index in [0.717, 1.165) is 27.6 Å². The summed E-state index contributed by atoms with van der Waals surface area (Å²) >= 11 is 0. The Bertz CT molecular complexity index is 3000. The lowest BCUT2D eigenvalue weighted by Gasteiger charge is -2.16. The molecular formula is C56H41N. The fourth-order valence-corrected chi connectivity index (χ4v) is 8.09. The molecule has 0 saturated heterocycles. The molecule has 0 bridgehead atoms. The Labute approximate surface area is 334 Å². The summed E-state index contributed by atoms with van der Waals surface area (Å²) in [7, 11) is 0. The highest BCUT2D eigenvalue weighted by Gasteiger charge is 2.14. The van der Waals surface area contributed by atoms with Crippen LogP contribution in [-0.2, 0) is 0 Å². The van der Waals surface area contributed by atoms with Gasteiger partial charge in [-0.25, -0.2) is 0 Å². The Morgan fingerprint density at radius 1 is 0.351 bits per heavy atom. The summed E-state index contributed by atoms with van der Waals surface area (Å²) in [6, 6.07) is 67.1. The largest absolute Gasteiger partial charge is 0.399 e. The quantitative estimate of drug-likeness (QED) is 0.116. The van der Waals surface area contributed by atoms with Gasteiger partial charge in [0.2, 0.25) is 0 Å². The predicted molar refractivity (Wildman–Crippen MR) is 248 cm³/mol. The summed E-state index contributed by atoms with van der Waals surface area (Å²) in [6.45, 7) is 3.97. The molecule has 0 aromatic heterocycles. The number of allylic oxidation sites excluding steroid dienone is 1. The SMILES string of the molecule is C=CC(N)=Cc1c(C=Cc2c(C=Cc3ccc(-c4ccccc4)c4ccccc34)cc(-c3ccccc3)c3ccccc23)cc(-c2ccccc2)c2ccccc12. The van der Waals surface area contributed by atoms with Crippen LogP contribution in [0.3, 0.4) is 0 Å². The zero-order chi connectivity index (χ0) is 38.6. The molecule has 1 heteroatoms. The molecule has 0 saturated carbocycles. The predicted octanol–water partition coefficient (Wildman–Crippen LogP) is 15.0. The summed E-state index contributed by atoms with van der Waals surface area (Å²) in [5.41, 5.74) is 19.9. The van der Waals surface area contributed by atoms with Crippen molar-refractivity contribution in [2.45, 2.75) is 0 Å². The summed E-state index contributed by atoms with van der Waals surface area (Å²) in [5, 5.41) is 7.16. The van der Waals surface area contributed by atoms with Crippen molar-refractivity contribution in [3.8, 4) is 33.4 Å². The molecule has 0 unspecified atom stereocenters. The number of nitrogens with two attached hydrogens (primary N) is 1. The van der Waals surface area contributed by atoms with Crippen molar-refractivity contribution in [3.63, 3.8) is 0 Å². The maximum Gasteiger partial charge on any atom is 0.0314 e. The van der Waals surface area contributed by atoms with Gasteiger partial charge in [-0.2, -0.15) is 0 Å². The number of hydrogen-bond donors (Lipinski definition) is 1. The number of rotatable bonds is 9. The van der Waals surface area contributed by atoms with Crippen LogP contribution in [0.5, 0.6) is 0 Å². The molecule has 0 atom stereocenters. The Kier molecular flexibility index (Phi) is 9.71. The van der Waals surface area contributed by atoms with Crippen molar-refractivity contribution in [3.05, 3.63) is 234 Å². The third-order valence-electron chi connectivity index (χ3n) is 10.9. The van der Waals surface area contributed by atoms with Crippen molar-refractivity contribution >= 4 is 62.7 Å². The lowest BCUT2D eigenvalue weighted by molar-refractivity contribution is 1.46. The van der Waals surface area contributed by atoms with Crippen LogP contribution in [0.1, 0.15) is 27.8 Å². The minimum Gasteiger partial charge on any atom is -0.399 e. The topological polar surface area (TPSA) is 26.0 Å². The first kappa shape index (κ1) is 35.2. The van der Waals surface area contributed by atoms with Crippen LogP contribution in [-0.4, -0.2) is 0 Å². The van der Waals surface area contributed by atoms with Crippen molar-refractivity contribution in [1.82, 2.24) is 0 Å². The molecule has 9 aromatic rings. The smallest absolute Gasteiger partial charge is 0.0314 e. The van der Waals surface area contributed by atoms with Crippen LogP contribution < -0.4 is 5.73 Å². The van der Waals surface area contributed by atoms with Crippen molar-refractivity contribution in [1.29, 1.82) is 0 Å². The molecule has 0 spiro atoms. The van der Waals surface area contributed by atoms with E-state index in [1.807, 2.05) is 6.08 Å². The van der Waals surface area contributed by atoms with E-state index in [9.17, 15) is 0 Å². The Balaban J connectivity index is 1.27. The summed E-state index contributed by atoms with van der Waals surface area (Å²) in [5.74, 6) is 0. The standard InChI is InChI=1S/C56H41N/c1-2-45(57)38-56-44(37-55(41-22-10-5-11-23-41)52-28-16-17-29-53(52)56)33-35-48-43(36-54(40-20-8-4-9-21-40)51-27-15-14-26-50(48)51)31-30-42-32-34-47(39-18-6-3-7-19-39)49-25-13-12-24-46(42)49/h2-38H,1,57H2. The highest BCUT2D eigenvalue weighted by molar-refractivity contribution is 6.08. The first-order chi connectivity index (χ1) is 28.2. The van der Waals surface area contributed by atoms with Crippen molar-refractivity contribution < 1.29 is 0 Å². The van der Waals surface area contributed by atoms with Crippen LogP contribution in [0.15, 0.2) is 206 Å². The van der Waals surface area contributed by atoms with E-state index in [2.05, 4.69) is 219 Å². The second-order valence-electron chi connectivity index (χ2n) is 14.3. The molecule has 0 radical (unpaired) electrons. The monoisotopic (exact) mass is 727 g/mol. The van der Waals surface area contributed by atoms with E-state index in [1.54, 1.807) is 6.08 Å². The van der Waals surface area contributed by atoms with Gasteiger partial charge in [-0.3, -0.25) is 0 Å². The van der Waals surface area contributed by atoms with Gasteiger partial charge in [0.1, 0.15) is 0 Å². The molecule has 9 rings (SSSR count). The van der Waals surface area contributed by atoms with Gasteiger partial charge < -0.3 is 5.73 Å². The van der Waals surface area contributed by atoms with Crippen molar-refractivity contribution in [2.24, 2.45) is 5.73 Å². The summed E-state index contributed by atoms with van der Waals surface area (Å²) < 4.78 is 0. The van der Waals surface area contributed by atoms with Gasteiger partial charge in [0.25, 0.3) is 0 Å². The van der Waals surface area contributed by atoms with E-state index in [0.29, 0.717) is 5.70 Å². The Morgan fingerprint density at radius 2 is 0.737 bits per heavy atom. The first-order valence-electron chi connectivity index (χ1n) is 19.4. The molecule has 270 valence electrons. The molecule has 0 aliphatic heterocycles. The minimum atomic E-state index is 0.619. The van der Waals surface area contributed by atoms with Crippen LogP contribution in [0, 0.1) is 0 Å². The van der Waals surface area contributed by atoms with Gasteiger partial charge in [-0.05, 0) is 118 Å². The van der Waals surface area contributed by atoms with Crippen LogP contribution in [0.2, 0.25) is 0 Å². The van der Waals surface area contributed by atoms with Crippen molar-refractivity contribution in [2.75, 3.05) is 0 Å². The fraction of sp³-hybridized carbons (Fsp3) is 0. The molecule has 2 N–H and O–H groups in total. The lowest BCUT2D eigenvalue weighted by Crippen LogP contribution is -1.95. The third-order valence-corrected chi connectivity index (χ3v) is 10.9. The Morgan fingerprint density at radius 3 is 1.26 bits per heavy atom. The zero-order valence-electron chi connectivity index (χ0n) is 31.6. The second-order valence-corrected chi connectivity index (χ2v) is 14.3. The molecule has 0 fully saturated rings. The van der Waals surface area contributed by atoms with E-state index in [4.69, 9.17) is 5.73 Å². The lowest BCUT2D eigenvalue weighted by atomic mass is 9.88. The van der Waals surface area contributed by atoms with Gasteiger partial charge in [0.05, 0.1) is 0 Å². The first-order valence-corrected chi connectivity index (χ1v) is 19.4. The van der Waals surface area contributed by atoms with Gasteiger partial charge in [0.15, 0.2) is 0 Å². The fourth-order valence-electron chi connectivity index (χ4n) is 8.09. The average molecular weight is 728 g/mol. The molecular weight excluding hydrogens is 687 g/mol. The zero-order valence-corrected chi connectivity index (χ0v) is 31.6. The summed E-state index contributed by atoms with van der Waals surface area (Å²) in [4.78, 5) is 0. The number of benzene rings is 9. The third kappa shape index (κ3) is 6.99. The highest BCUT2D eigenvalue weighted by atomic mass is 14.5. The maximum absolute atomic E-state index is 6.48. The van der Waals surface area contributed by atoms with E-state index >= 15 is 0 Å². The average Bonchev–Trinajstić information content (AvgIpc) is 3.28. The normalized spacial score (nSPS) is 12.0. The van der Waals surface area contributed by atoms with Gasteiger partial charge >= 0.3 is 0 Å². The molecule has 0 amide bonds. The molecule has 0 heterocycles. The Hall–Kier alpha value is -7.48. The summed E-state index contributed by atoms with van der Waals surface area (Å²) in [6.07, 6.45) is 12.9. The number of hydrogen-bond acceptors (Lipinski definition) is 1. The van der Waals surface area contributed by atoms with Crippen LogP contribution >= 0.6 is 0 Å². The maximum atomic E-state index is 6.48. The van der Waals surface area contributed by atoms with Gasteiger partial charge in [-0.1, -0.05) is 207 Å². The van der Waals surface area contributed by atoms with E-state index in [1.165, 1.54) is 65.9 Å². The van der Waals surface area contributed by atoms with Crippen LogP contribution in [0.4, 0.5) is 0 Å². The number of fused-ring (bicyclic) bond motifs is 3. The minimum absolute atomic E-state index is 0.619. The van der Waals surface area contributed by atoms with Gasteiger partial charge in [0, 0.05) is 5.70 Å². The van der Waals surface area contributed by atoms with Gasteiger partial charge in [-0.15, -0.1) is 0 Å². The van der Waals surface area contributed by atoms with E-state index < -0.39 is 0 Å². The highest BCUT2D eigenvalue weighted by Crippen LogP contribution is 2.39. The van der Waals surface area contributed by atoms with Crippen LogP contribution in [0.25, 0.3) is 96.1 Å². The molecule has 57 heavy (non-hydrogen) atoms. The molecule has 0 aliphatic rings. The molecule has 1 nitrogen and oxygen atoms in total. The molecule has 0 aliphatic carbocycles. The second kappa shape index (κ2) is 15.7.